The Morgan fingerprint density at radius 1 is 1.00 bits per heavy atom. The molecule has 50 valence electrons. The van der Waals surface area contributed by atoms with Crippen LogP contribution in [0.3, 0.4) is 0 Å². The predicted molar refractivity (Wildman–Crippen MR) is 29.8 cm³/mol. The molecule has 8 heavy (non-hydrogen) atoms. The molecule has 0 aromatic carbocycles. The van der Waals surface area contributed by atoms with Crippen LogP contribution in [0.25, 0.3) is 0 Å². The Labute approximate surface area is 57.4 Å². The van der Waals surface area contributed by atoms with E-state index in [0.717, 1.165) is 22.6 Å². The maximum Gasteiger partial charge on any atom is 0.273 e. The monoisotopic (exact) mass is 242 g/mol. The van der Waals surface area contributed by atoms with Crippen LogP contribution in [-0.2, 0) is 0 Å². The van der Waals surface area contributed by atoms with E-state index in [1.54, 1.807) is 0 Å². The molecule has 0 aromatic rings. The lowest BCUT2D eigenvalue weighted by molar-refractivity contribution is 0.0315. The van der Waals surface area contributed by atoms with Crippen LogP contribution in [0.1, 0.15) is 0 Å². The van der Waals surface area contributed by atoms with Crippen molar-refractivity contribution in [2.75, 3.05) is 0 Å². The minimum absolute atomic E-state index is 0.962. The summed E-state index contributed by atoms with van der Waals surface area (Å²) in [6, 6.07) is 0. The standard InChI is InChI=1S/C3H3F4I/c4-1(2(5)6)3(7)8/h1-3H. The van der Waals surface area contributed by atoms with Gasteiger partial charge < -0.3 is 0 Å². The Balaban J connectivity index is 3.46. The lowest BCUT2D eigenvalue weighted by Crippen LogP contribution is -2.19. The van der Waals surface area contributed by atoms with Crippen molar-refractivity contribution in [3.63, 3.8) is 0 Å². The van der Waals surface area contributed by atoms with Crippen LogP contribution in [0.4, 0.5) is 17.6 Å². The molecule has 0 N–H and O–H groups in total. The average molecular weight is 242 g/mol. The highest BCUT2D eigenvalue weighted by atomic mass is 127. The fraction of sp³-hybridized carbons (Fsp3) is 1.00. The van der Waals surface area contributed by atoms with E-state index in [-0.39, 0.29) is 0 Å². The molecule has 0 saturated heterocycles. The second-order valence-electron chi connectivity index (χ2n) is 1.11. The molecule has 0 aliphatic heterocycles. The summed E-state index contributed by atoms with van der Waals surface area (Å²) >= 11 is 0.962. The number of rotatable bonds is 2. The van der Waals surface area contributed by atoms with Crippen LogP contribution in [0.15, 0.2) is 0 Å². The van der Waals surface area contributed by atoms with Gasteiger partial charge >= 0.3 is 0 Å². The average Bonchev–Trinajstić information content (AvgIpc) is 1.64. The zero-order chi connectivity index (χ0) is 6.73. The largest absolute Gasteiger partial charge is 0.273 e. The van der Waals surface area contributed by atoms with Gasteiger partial charge in [-0.2, -0.15) is 0 Å². The van der Waals surface area contributed by atoms with Crippen molar-refractivity contribution in [3.05, 3.63) is 0 Å². The molecule has 2 unspecified atom stereocenters. The van der Waals surface area contributed by atoms with E-state index in [0.29, 0.717) is 0 Å². The molecule has 0 heterocycles. The smallest absolute Gasteiger partial charge is 0.237 e. The third kappa shape index (κ3) is 2.68. The van der Waals surface area contributed by atoms with Crippen molar-refractivity contribution in [3.8, 4) is 0 Å². The highest BCUT2D eigenvalue weighted by molar-refractivity contribution is 14.1. The second-order valence-corrected chi connectivity index (χ2v) is 2.30. The molecule has 0 spiro atoms. The molecule has 0 fully saturated rings. The van der Waals surface area contributed by atoms with E-state index in [1.807, 2.05) is 0 Å². The third-order valence-electron chi connectivity index (χ3n) is 0.481. The van der Waals surface area contributed by atoms with Gasteiger partial charge in [-0.05, 0) is 22.6 Å². The van der Waals surface area contributed by atoms with Crippen LogP contribution in [-0.4, -0.2) is 16.8 Å². The van der Waals surface area contributed by atoms with E-state index in [9.17, 15) is 17.6 Å². The van der Waals surface area contributed by atoms with Gasteiger partial charge in [-0.3, -0.25) is 0 Å². The van der Waals surface area contributed by atoms with Gasteiger partial charge in [0.25, 0.3) is 6.43 Å². The van der Waals surface area contributed by atoms with Crippen LogP contribution in [0.2, 0.25) is 0 Å². The first-order valence-corrected chi connectivity index (χ1v) is 3.00. The molecular formula is C3H3F4I. The molecule has 0 nitrogen and oxygen atoms in total. The van der Waals surface area contributed by atoms with Crippen molar-refractivity contribution >= 4 is 22.6 Å². The van der Waals surface area contributed by atoms with E-state index in [4.69, 9.17) is 0 Å². The lowest BCUT2D eigenvalue weighted by atomic mass is 10.4. The van der Waals surface area contributed by atoms with Gasteiger partial charge in [0.2, 0.25) is 6.17 Å². The molecule has 0 rings (SSSR count). The number of halogens is 5. The summed E-state index contributed by atoms with van der Waals surface area (Å²) in [6.45, 7) is 0. The highest BCUT2D eigenvalue weighted by Crippen LogP contribution is 2.17. The van der Waals surface area contributed by atoms with Crippen LogP contribution in [0.5, 0.6) is 0 Å². The predicted octanol–water partition coefficient (Wildman–Crippen LogP) is 2.32. The van der Waals surface area contributed by atoms with E-state index < -0.39 is 16.8 Å². The zero-order valence-corrected chi connectivity index (χ0v) is 5.78. The van der Waals surface area contributed by atoms with E-state index in [1.165, 1.54) is 0 Å². The van der Waals surface area contributed by atoms with Gasteiger partial charge in [-0.15, -0.1) is 0 Å². The summed E-state index contributed by atoms with van der Waals surface area (Å²) in [5, 5.41) is 0. The molecular weight excluding hydrogens is 239 g/mol. The van der Waals surface area contributed by atoms with Crippen molar-refractivity contribution in [1.82, 2.24) is 0 Å². The van der Waals surface area contributed by atoms with E-state index >= 15 is 0 Å². The molecule has 5 heteroatoms. The Morgan fingerprint density at radius 3 is 1.38 bits per heavy atom. The molecule has 0 aromatic heterocycles. The number of alkyl halides is 5. The molecule has 0 aliphatic carbocycles. The first-order valence-electron chi connectivity index (χ1n) is 1.76. The first kappa shape index (κ1) is 8.45. The topological polar surface area (TPSA) is 0 Å². The van der Waals surface area contributed by atoms with Crippen LogP contribution in [0, 0.1) is 0 Å². The summed E-state index contributed by atoms with van der Waals surface area (Å²) in [4.78, 5) is 0. The fourth-order valence-corrected chi connectivity index (χ4v) is 0.424. The minimum atomic E-state index is -3.21. The third-order valence-corrected chi connectivity index (χ3v) is 1.17. The molecule has 0 aliphatic rings. The molecule has 0 bridgehead atoms. The van der Waals surface area contributed by atoms with Crippen molar-refractivity contribution in [2.45, 2.75) is 16.8 Å². The van der Waals surface area contributed by atoms with Gasteiger partial charge in [-0.1, -0.05) is 0 Å². The summed E-state index contributed by atoms with van der Waals surface area (Å²) in [5.41, 5.74) is 0. The minimum Gasteiger partial charge on any atom is -0.237 e. The fourth-order valence-electron chi connectivity index (χ4n) is 0.110. The van der Waals surface area contributed by atoms with E-state index in [2.05, 4.69) is 0 Å². The van der Waals surface area contributed by atoms with Crippen molar-refractivity contribution in [1.29, 1.82) is 0 Å². The Morgan fingerprint density at radius 2 is 1.38 bits per heavy atom. The first-order chi connectivity index (χ1) is 3.55. The van der Waals surface area contributed by atoms with Gasteiger partial charge in [0.1, 0.15) is 0 Å². The second kappa shape index (κ2) is 3.47. The summed E-state index contributed by atoms with van der Waals surface area (Å²) in [6.07, 6.45) is -5.85. The zero-order valence-electron chi connectivity index (χ0n) is 3.62. The summed E-state index contributed by atoms with van der Waals surface area (Å²) < 4.78 is 43.0. The van der Waals surface area contributed by atoms with Crippen molar-refractivity contribution in [2.24, 2.45) is 0 Å². The van der Waals surface area contributed by atoms with Gasteiger partial charge in [0.05, 0.1) is 0 Å². The Kier molecular flexibility index (Phi) is 3.67. The van der Waals surface area contributed by atoms with Crippen LogP contribution >= 0.6 is 22.6 Å². The maximum absolute atomic E-state index is 11.5. The highest BCUT2D eigenvalue weighted by Gasteiger charge is 2.26. The quantitative estimate of drug-likeness (QED) is 0.396. The molecule has 0 amide bonds. The SMILES string of the molecule is FC(F)C(F)C(F)I. The number of hydrogen-bond donors (Lipinski definition) is 0. The summed E-state index contributed by atoms with van der Waals surface area (Å²) in [5.74, 6) is 0. The lowest BCUT2D eigenvalue weighted by Gasteiger charge is -2.03. The molecule has 2 atom stereocenters. The van der Waals surface area contributed by atoms with Gasteiger partial charge in [0.15, 0.2) is 4.18 Å². The Bertz CT molecular complexity index is 56.3. The molecule has 0 saturated carbocycles. The van der Waals surface area contributed by atoms with Crippen molar-refractivity contribution < 1.29 is 17.6 Å². The summed E-state index contributed by atoms with van der Waals surface area (Å²) in [7, 11) is 0. The number of hydrogen-bond acceptors (Lipinski definition) is 0. The van der Waals surface area contributed by atoms with Crippen LogP contribution < -0.4 is 0 Å². The Hall–Kier alpha value is 0.450. The molecule has 0 radical (unpaired) electrons. The van der Waals surface area contributed by atoms with Gasteiger partial charge in [0, 0.05) is 0 Å². The van der Waals surface area contributed by atoms with Gasteiger partial charge in [-0.25, -0.2) is 17.6 Å². The maximum atomic E-state index is 11.5. The normalized spacial score (nSPS) is 18.8.